The van der Waals surface area contributed by atoms with Crippen molar-refractivity contribution in [1.29, 1.82) is 0 Å². The lowest BCUT2D eigenvalue weighted by molar-refractivity contribution is -0.155. The summed E-state index contributed by atoms with van der Waals surface area (Å²) in [6, 6.07) is 0. The van der Waals surface area contributed by atoms with Crippen LogP contribution in [-0.2, 0) is 9.47 Å². The second-order valence-corrected chi connectivity index (χ2v) is 1.59. The Morgan fingerprint density at radius 1 is 1.38 bits per heavy atom. The van der Waals surface area contributed by atoms with Crippen LogP contribution in [-0.4, -0.2) is 20.0 Å². The fraction of sp³-hybridized carbons (Fsp3) is 0.667. The van der Waals surface area contributed by atoms with E-state index in [1.165, 1.54) is 20.3 Å². The highest BCUT2D eigenvalue weighted by Crippen LogP contribution is 2.08. The lowest BCUT2D eigenvalue weighted by Gasteiger charge is -2.20. The molecule has 0 unspecified atom stereocenters. The molecule has 0 amide bonds. The van der Waals surface area contributed by atoms with Crippen LogP contribution >= 0.6 is 0 Å². The molecule has 1 radical (unpaired) electrons. The van der Waals surface area contributed by atoms with Crippen LogP contribution in [0.5, 0.6) is 0 Å². The zero-order valence-electron chi connectivity index (χ0n) is 5.47. The largest absolute Gasteiger partial charge is 0.350 e. The Bertz CT molecular complexity index is 74.6. The summed E-state index contributed by atoms with van der Waals surface area (Å²) in [5.74, 6) is -0.722. The topological polar surface area (TPSA) is 18.5 Å². The summed E-state index contributed by atoms with van der Waals surface area (Å²) in [5.41, 5.74) is 0. The van der Waals surface area contributed by atoms with E-state index in [1.807, 2.05) is 0 Å². The van der Waals surface area contributed by atoms with Crippen molar-refractivity contribution in [3.05, 3.63) is 12.7 Å². The summed E-state index contributed by atoms with van der Waals surface area (Å²) in [6.07, 6.45) is 1.35. The smallest absolute Gasteiger partial charge is 0.184 e. The molecule has 0 fully saturated rings. The zero-order chi connectivity index (χ0) is 6.62. The molecule has 0 aliphatic heterocycles. The molecule has 0 N–H and O–H groups in total. The molecule has 0 heterocycles. The first-order chi connectivity index (χ1) is 3.68. The molecule has 0 bridgehead atoms. The van der Waals surface area contributed by atoms with Gasteiger partial charge in [0.2, 0.25) is 0 Å². The Morgan fingerprint density at radius 3 is 1.75 bits per heavy atom. The number of methoxy groups -OCH3 is 2. The van der Waals surface area contributed by atoms with Gasteiger partial charge in [0.05, 0.1) is 0 Å². The highest BCUT2D eigenvalue weighted by molar-refractivity contribution is 4.81. The molecule has 8 heavy (non-hydrogen) atoms. The van der Waals surface area contributed by atoms with Crippen LogP contribution in [0.15, 0.2) is 6.08 Å². The summed E-state index contributed by atoms with van der Waals surface area (Å²) in [6.45, 7) is 6.88. The Morgan fingerprint density at radius 2 is 1.75 bits per heavy atom. The molecular weight excluding hydrogens is 104 g/mol. The van der Waals surface area contributed by atoms with E-state index < -0.39 is 5.79 Å². The van der Waals surface area contributed by atoms with Gasteiger partial charge in [-0.2, -0.15) is 0 Å². The van der Waals surface area contributed by atoms with Gasteiger partial charge in [-0.3, -0.25) is 0 Å². The average molecular weight is 115 g/mol. The van der Waals surface area contributed by atoms with E-state index in [9.17, 15) is 0 Å². The van der Waals surface area contributed by atoms with Gasteiger partial charge in [-0.1, -0.05) is 6.58 Å². The fourth-order valence-electron chi connectivity index (χ4n) is 0.219. The molecule has 0 atom stereocenters. The molecule has 0 saturated heterocycles. The monoisotopic (exact) mass is 115 g/mol. The summed E-state index contributed by atoms with van der Waals surface area (Å²) in [7, 11) is 3.07. The summed E-state index contributed by atoms with van der Waals surface area (Å²) in [4.78, 5) is 0. The van der Waals surface area contributed by atoms with Gasteiger partial charge in [0.15, 0.2) is 5.79 Å². The molecule has 0 aliphatic carbocycles. The molecule has 2 nitrogen and oxygen atoms in total. The van der Waals surface area contributed by atoms with E-state index in [0.717, 1.165) is 0 Å². The Hall–Kier alpha value is -0.340. The lowest BCUT2D eigenvalue weighted by Crippen LogP contribution is -2.25. The van der Waals surface area contributed by atoms with Gasteiger partial charge in [-0.15, -0.1) is 0 Å². The minimum atomic E-state index is -0.722. The predicted molar refractivity (Wildman–Crippen MR) is 31.3 cm³/mol. The first-order valence-corrected chi connectivity index (χ1v) is 2.35. The van der Waals surface area contributed by atoms with Crippen LogP contribution in [0, 0.1) is 6.58 Å². The average Bonchev–Trinajstić information content (AvgIpc) is 1.87. The number of hydrogen-bond donors (Lipinski definition) is 0. The molecule has 0 rings (SSSR count). The number of hydrogen-bond acceptors (Lipinski definition) is 2. The zero-order valence-corrected chi connectivity index (χ0v) is 5.47. The van der Waals surface area contributed by atoms with E-state index in [2.05, 4.69) is 0 Å². The maximum atomic E-state index is 5.15. The summed E-state index contributed by atoms with van der Waals surface area (Å²) < 4.78 is 9.67. The van der Waals surface area contributed by atoms with Gasteiger partial charge in [-0.25, -0.2) is 0 Å². The van der Waals surface area contributed by atoms with Crippen molar-refractivity contribution in [1.82, 2.24) is 0 Å². The van der Waals surface area contributed by atoms with Crippen LogP contribution < -0.4 is 0 Å². The van der Waals surface area contributed by atoms with E-state index in [0.29, 0.717) is 0 Å². The standard InChI is InChI=1S/C6H11O2/c1-5-6(2,7-3)8-4/h1,5H,2-4H3. The summed E-state index contributed by atoms with van der Waals surface area (Å²) in [5, 5.41) is 0. The Labute approximate surface area is 50.1 Å². The van der Waals surface area contributed by atoms with Crippen molar-refractivity contribution in [2.45, 2.75) is 12.7 Å². The quantitative estimate of drug-likeness (QED) is 0.510. The van der Waals surface area contributed by atoms with Crippen LogP contribution in [0.4, 0.5) is 0 Å². The van der Waals surface area contributed by atoms with Crippen molar-refractivity contribution in [3.8, 4) is 0 Å². The third kappa shape index (κ3) is 1.64. The maximum Gasteiger partial charge on any atom is 0.184 e. The number of rotatable bonds is 3. The van der Waals surface area contributed by atoms with Crippen molar-refractivity contribution in [2.24, 2.45) is 0 Å². The van der Waals surface area contributed by atoms with Crippen LogP contribution in [0.3, 0.4) is 0 Å². The normalized spacial score (nSPS) is 11.4. The van der Waals surface area contributed by atoms with Gasteiger partial charge < -0.3 is 9.47 Å². The molecule has 0 aromatic carbocycles. The third-order valence-electron chi connectivity index (χ3n) is 1.11. The fourth-order valence-corrected chi connectivity index (χ4v) is 0.219. The second-order valence-electron chi connectivity index (χ2n) is 1.59. The van der Waals surface area contributed by atoms with Gasteiger partial charge in [0, 0.05) is 14.2 Å². The molecule has 0 aliphatic rings. The van der Waals surface area contributed by atoms with E-state index >= 15 is 0 Å². The van der Waals surface area contributed by atoms with Crippen LogP contribution in [0.25, 0.3) is 0 Å². The third-order valence-corrected chi connectivity index (χ3v) is 1.11. The second kappa shape index (κ2) is 2.84. The van der Waals surface area contributed by atoms with Crippen molar-refractivity contribution < 1.29 is 9.47 Å². The Kier molecular flexibility index (Phi) is 2.72. The SMILES string of the molecule is [CH]=CC(C)(OC)OC. The molecule has 0 saturated carbocycles. The highest BCUT2D eigenvalue weighted by atomic mass is 16.7. The van der Waals surface area contributed by atoms with Crippen LogP contribution in [0.2, 0.25) is 0 Å². The first-order valence-electron chi connectivity index (χ1n) is 2.35. The van der Waals surface area contributed by atoms with Gasteiger partial charge in [-0.05, 0) is 13.0 Å². The first kappa shape index (κ1) is 7.66. The van der Waals surface area contributed by atoms with Gasteiger partial charge in [0.25, 0.3) is 0 Å². The number of ether oxygens (including phenoxy) is 2. The van der Waals surface area contributed by atoms with Crippen molar-refractivity contribution in [3.63, 3.8) is 0 Å². The molecule has 2 heteroatoms. The van der Waals surface area contributed by atoms with Gasteiger partial charge in [0.1, 0.15) is 0 Å². The maximum absolute atomic E-state index is 5.15. The minimum Gasteiger partial charge on any atom is -0.350 e. The molecule has 0 aromatic heterocycles. The van der Waals surface area contributed by atoms with E-state index in [-0.39, 0.29) is 0 Å². The van der Waals surface area contributed by atoms with E-state index in [1.54, 1.807) is 6.92 Å². The molecule has 47 valence electrons. The highest BCUT2D eigenvalue weighted by Gasteiger charge is 2.15. The lowest BCUT2D eigenvalue weighted by atomic mass is 10.3. The van der Waals surface area contributed by atoms with Crippen molar-refractivity contribution >= 4 is 0 Å². The molecule has 0 spiro atoms. The predicted octanol–water partition coefficient (Wildman–Crippen LogP) is 0.985. The minimum absolute atomic E-state index is 0.722. The van der Waals surface area contributed by atoms with Gasteiger partial charge >= 0.3 is 0 Å². The van der Waals surface area contributed by atoms with Crippen LogP contribution in [0.1, 0.15) is 6.92 Å². The molecule has 0 aromatic rings. The Balaban J connectivity index is 3.76. The van der Waals surface area contributed by atoms with E-state index in [4.69, 9.17) is 16.1 Å². The van der Waals surface area contributed by atoms with Crippen molar-refractivity contribution in [2.75, 3.05) is 14.2 Å². The molecular formula is C6H11O2. The summed E-state index contributed by atoms with van der Waals surface area (Å²) >= 11 is 0.